The van der Waals surface area contributed by atoms with Crippen LogP contribution in [0.4, 0.5) is 5.82 Å². The number of hydrogen-bond donors (Lipinski definition) is 2. The number of rotatable bonds is 6. The molecule has 0 saturated heterocycles. The van der Waals surface area contributed by atoms with Crippen LogP contribution in [0, 0.1) is 12.8 Å². The van der Waals surface area contributed by atoms with E-state index < -0.39 is 0 Å². The molecule has 1 rings (SSSR count). The molecule has 1 heterocycles. The molecule has 0 saturated carbocycles. The van der Waals surface area contributed by atoms with Crippen molar-refractivity contribution in [3.8, 4) is 0 Å². The Morgan fingerprint density at radius 1 is 1.41 bits per heavy atom. The number of thiocarbonyl (C=S) groups is 1. The molecule has 1 aromatic rings. The van der Waals surface area contributed by atoms with Crippen molar-refractivity contribution < 1.29 is 0 Å². The molecule has 0 atom stereocenters. The summed E-state index contributed by atoms with van der Waals surface area (Å²) in [6, 6.07) is 3.86. The second-order valence-electron chi connectivity index (χ2n) is 4.28. The van der Waals surface area contributed by atoms with Gasteiger partial charge < -0.3 is 11.1 Å². The SMILES string of the molecule is CCC(CC)CNc1nc(C)ccc1C(N)=S. The van der Waals surface area contributed by atoms with E-state index in [1.807, 2.05) is 19.1 Å². The van der Waals surface area contributed by atoms with E-state index in [9.17, 15) is 0 Å². The van der Waals surface area contributed by atoms with Crippen LogP contribution in [0.5, 0.6) is 0 Å². The van der Waals surface area contributed by atoms with Gasteiger partial charge in [0.1, 0.15) is 10.8 Å². The van der Waals surface area contributed by atoms with Gasteiger partial charge in [-0.2, -0.15) is 0 Å². The molecule has 0 aromatic carbocycles. The molecule has 3 nitrogen and oxygen atoms in total. The third kappa shape index (κ3) is 3.97. The molecular formula is C13H21N3S. The van der Waals surface area contributed by atoms with Crippen LogP contribution in [0.2, 0.25) is 0 Å². The van der Waals surface area contributed by atoms with E-state index in [-0.39, 0.29) is 0 Å². The van der Waals surface area contributed by atoms with Crippen molar-refractivity contribution in [3.63, 3.8) is 0 Å². The van der Waals surface area contributed by atoms with E-state index in [0.717, 1.165) is 36.5 Å². The van der Waals surface area contributed by atoms with Crippen molar-refractivity contribution in [2.24, 2.45) is 11.7 Å². The lowest BCUT2D eigenvalue weighted by Gasteiger charge is -2.16. The molecule has 0 aliphatic rings. The average molecular weight is 251 g/mol. The maximum absolute atomic E-state index is 5.69. The van der Waals surface area contributed by atoms with Gasteiger partial charge in [-0.25, -0.2) is 4.98 Å². The van der Waals surface area contributed by atoms with Crippen molar-refractivity contribution in [1.82, 2.24) is 4.98 Å². The number of aryl methyl sites for hydroxylation is 1. The quantitative estimate of drug-likeness (QED) is 0.763. The summed E-state index contributed by atoms with van der Waals surface area (Å²) < 4.78 is 0. The van der Waals surface area contributed by atoms with Crippen LogP contribution >= 0.6 is 12.2 Å². The second kappa shape index (κ2) is 6.55. The van der Waals surface area contributed by atoms with Crippen molar-refractivity contribution in [2.45, 2.75) is 33.6 Å². The molecule has 0 radical (unpaired) electrons. The summed E-state index contributed by atoms with van der Waals surface area (Å²) in [5.41, 5.74) is 7.49. The van der Waals surface area contributed by atoms with Crippen LogP contribution < -0.4 is 11.1 Å². The lowest BCUT2D eigenvalue weighted by atomic mass is 10.0. The molecule has 0 unspecified atom stereocenters. The van der Waals surface area contributed by atoms with E-state index in [1.165, 1.54) is 0 Å². The van der Waals surface area contributed by atoms with Crippen LogP contribution in [0.3, 0.4) is 0 Å². The molecule has 3 N–H and O–H groups in total. The monoisotopic (exact) mass is 251 g/mol. The number of pyridine rings is 1. The Balaban J connectivity index is 2.81. The highest BCUT2D eigenvalue weighted by atomic mass is 32.1. The highest BCUT2D eigenvalue weighted by Crippen LogP contribution is 2.15. The molecule has 0 spiro atoms. The van der Waals surface area contributed by atoms with Crippen LogP contribution in [0.15, 0.2) is 12.1 Å². The van der Waals surface area contributed by atoms with Gasteiger partial charge in [0.25, 0.3) is 0 Å². The van der Waals surface area contributed by atoms with Crippen molar-refractivity contribution in [3.05, 3.63) is 23.4 Å². The molecule has 0 aliphatic heterocycles. The molecule has 4 heteroatoms. The van der Waals surface area contributed by atoms with Crippen molar-refractivity contribution >= 4 is 23.0 Å². The molecule has 94 valence electrons. The zero-order valence-electron chi connectivity index (χ0n) is 10.8. The summed E-state index contributed by atoms with van der Waals surface area (Å²) in [6.07, 6.45) is 2.33. The van der Waals surface area contributed by atoms with Gasteiger partial charge in [0.15, 0.2) is 0 Å². The van der Waals surface area contributed by atoms with Gasteiger partial charge >= 0.3 is 0 Å². The Labute approximate surface area is 109 Å². The molecule has 1 aromatic heterocycles. The van der Waals surface area contributed by atoms with Gasteiger partial charge in [0, 0.05) is 12.2 Å². The van der Waals surface area contributed by atoms with Gasteiger partial charge in [0.05, 0.1) is 5.56 Å². The summed E-state index contributed by atoms with van der Waals surface area (Å²) in [6.45, 7) is 7.28. The summed E-state index contributed by atoms with van der Waals surface area (Å²) in [4.78, 5) is 4.85. The Morgan fingerprint density at radius 2 is 2.06 bits per heavy atom. The van der Waals surface area contributed by atoms with Crippen LogP contribution in [0.25, 0.3) is 0 Å². The maximum Gasteiger partial charge on any atom is 0.136 e. The Morgan fingerprint density at radius 3 is 2.59 bits per heavy atom. The van der Waals surface area contributed by atoms with Gasteiger partial charge in [-0.1, -0.05) is 38.9 Å². The topological polar surface area (TPSA) is 50.9 Å². The van der Waals surface area contributed by atoms with Crippen molar-refractivity contribution in [2.75, 3.05) is 11.9 Å². The van der Waals surface area contributed by atoms with Crippen molar-refractivity contribution in [1.29, 1.82) is 0 Å². The minimum atomic E-state index is 0.393. The van der Waals surface area contributed by atoms with E-state index in [0.29, 0.717) is 10.9 Å². The predicted molar refractivity (Wildman–Crippen MR) is 77.4 cm³/mol. The average Bonchev–Trinajstić information content (AvgIpc) is 2.30. The Bertz CT molecular complexity index is 386. The third-order valence-electron chi connectivity index (χ3n) is 3.01. The molecule has 0 bridgehead atoms. The maximum atomic E-state index is 5.69. The van der Waals surface area contributed by atoms with Gasteiger partial charge in [0.2, 0.25) is 0 Å². The first-order valence-corrected chi connectivity index (χ1v) is 6.50. The van der Waals surface area contributed by atoms with E-state index in [1.54, 1.807) is 0 Å². The van der Waals surface area contributed by atoms with Crippen LogP contribution in [-0.4, -0.2) is 16.5 Å². The van der Waals surface area contributed by atoms with Crippen LogP contribution in [-0.2, 0) is 0 Å². The van der Waals surface area contributed by atoms with Gasteiger partial charge in [-0.15, -0.1) is 0 Å². The number of aromatic nitrogens is 1. The first-order chi connectivity index (χ1) is 8.08. The minimum absolute atomic E-state index is 0.393. The third-order valence-corrected chi connectivity index (χ3v) is 3.23. The second-order valence-corrected chi connectivity index (χ2v) is 4.72. The lowest BCUT2D eigenvalue weighted by molar-refractivity contribution is 0.518. The smallest absolute Gasteiger partial charge is 0.136 e. The van der Waals surface area contributed by atoms with E-state index >= 15 is 0 Å². The summed E-state index contributed by atoms with van der Waals surface area (Å²) in [5.74, 6) is 1.47. The predicted octanol–water partition coefficient (Wildman–Crippen LogP) is 2.87. The molecule has 0 aliphatic carbocycles. The fourth-order valence-corrected chi connectivity index (χ4v) is 1.87. The lowest BCUT2D eigenvalue weighted by Crippen LogP contribution is -2.18. The first-order valence-electron chi connectivity index (χ1n) is 6.09. The number of nitrogens with two attached hydrogens (primary N) is 1. The highest BCUT2D eigenvalue weighted by Gasteiger charge is 2.09. The fraction of sp³-hybridized carbons (Fsp3) is 0.538. The molecule has 17 heavy (non-hydrogen) atoms. The normalized spacial score (nSPS) is 10.6. The largest absolute Gasteiger partial charge is 0.389 e. The summed E-state index contributed by atoms with van der Waals surface area (Å²) in [7, 11) is 0. The van der Waals surface area contributed by atoms with Crippen LogP contribution in [0.1, 0.15) is 37.9 Å². The number of anilines is 1. The Kier molecular flexibility index (Phi) is 5.35. The Hall–Kier alpha value is -1.16. The first kappa shape index (κ1) is 13.9. The van der Waals surface area contributed by atoms with E-state index in [4.69, 9.17) is 18.0 Å². The molecule has 0 amide bonds. The molecule has 0 fully saturated rings. The highest BCUT2D eigenvalue weighted by molar-refractivity contribution is 7.80. The zero-order chi connectivity index (χ0) is 12.8. The standard InChI is InChI=1S/C13H21N3S/c1-4-10(5-2)8-15-13-11(12(14)17)7-6-9(3)16-13/h6-7,10H,4-5,8H2,1-3H3,(H2,14,17)(H,15,16). The van der Waals surface area contributed by atoms with Gasteiger partial charge in [-0.05, 0) is 25.0 Å². The number of nitrogens with zero attached hydrogens (tertiary/aromatic N) is 1. The molecular weight excluding hydrogens is 230 g/mol. The summed E-state index contributed by atoms with van der Waals surface area (Å²) >= 11 is 5.03. The van der Waals surface area contributed by atoms with E-state index in [2.05, 4.69) is 24.1 Å². The minimum Gasteiger partial charge on any atom is -0.389 e. The van der Waals surface area contributed by atoms with Gasteiger partial charge in [-0.3, -0.25) is 0 Å². The fourth-order valence-electron chi connectivity index (χ4n) is 1.71. The number of nitrogens with one attached hydrogen (secondary N) is 1. The number of hydrogen-bond acceptors (Lipinski definition) is 3. The summed E-state index contributed by atoms with van der Waals surface area (Å²) in [5, 5.41) is 3.36. The zero-order valence-corrected chi connectivity index (χ0v) is 11.6.